The summed E-state index contributed by atoms with van der Waals surface area (Å²) in [7, 11) is 0. The second-order valence-electron chi connectivity index (χ2n) is 11.2. The Morgan fingerprint density at radius 1 is 0.684 bits per heavy atom. The molecule has 0 radical (unpaired) electrons. The zero-order chi connectivity index (χ0) is 27.0. The van der Waals surface area contributed by atoms with Gasteiger partial charge in [0.15, 0.2) is 12.6 Å². The summed E-state index contributed by atoms with van der Waals surface area (Å²) in [6, 6.07) is 20.8. The molecule has 0 saturated carbocycles. The summed E-state index contributed by atoms with van der Waals surface area (Å²) in [5, 5.41) is 15.5. The molecule has 2 aromatic rings. The molecule has 0 fully saturated rings. The minimum absolute atomic E-state index is 0.0159. The Morgan fingerprint density at radius 2 is 1.29 bits per heavy atom. The van der Waals surface area contributed by atoms with Crippen LogP contribution in [0.25, 0.3) is 0 Å². The molecule has 0 N–H and O–H groups in total. The smallest absolute Gasteiger partial charge is 0.185 e. The standard InChI is InChI=1S/C34H43N4/c1-27(2)33(22-14-8-15-23-33)37-38(34(28(3)4)24-16-9-17-25-34)26-32(31-20-12-7-13-21-31)36-35-29(5)30-18-10-6-11-19-30/h6-22,24,27-29,32H,23,25-26H2,1-5H3/q+1. The van der Waals surface area contributed by atoms with Crippen LogP contribution in [0, 0.1) is 11.8 Å². The van der Waals surface area contributed by atoms with Crippen molar-refractivity contribution in [2.75, 3.05) is 6.54 Å². The zero-order valence-corrected chi connectivity index (χ0v) is 23.6. The molecule has 198 valence electrons. The van der Waals surface area contributed by atoms with Gasteiger partial charge in [-0.25, -0.2) is 0 Å². The highest BCUT2D eigenvalue weighted by Gasteiger charge is 2.47. The van der Waals surface area contributed by atoms with Crippen molar-refractivity contribution < 1.29 is 4.70 Å². The molecule has 0 aromatic heterocycles. The molecule has 38 heavy (non-hydrogen) atoms. The molecule has 0 heterocycles. The summed E-state index contributed by atoms with van der Waals surface area (Å²) in [6.45, 7) is 11.9. The van der Waals surface area contributed by atoms with E-state index in [1.54, 1.807) is 0 Å². The van der Waals surface area contributed by atoms with E-state index in [9.17, 15) is 0 Å². The Kier molecular flexibility index (Phi) is 9.04. The van der Waals surface area contributed by atoms with Gasteiger partial charge in [-0.3, -0.25) is 0 Å². The quantitative estimate of drug-likeness (QED) is 0.227. The first-order valence-corrected chi connectivity index (χ1v) is 14.1. The van der Waals surface area contributed by atoms with Crippen LogP contribution in [0.15, 0.2) is 125 Å². The summed E-state index contributed by atoms with van der Waals surface area (Å²) in [6.07, 6.45) is 19.6. The summed E-state index contributed by atoms with van der Waals surface area (Å²) in [5.41, 5.74) is 1.80. The molecule has 0 aliphatic heterocycles. The molecule has 4 rings (SSSR count). The molecule has 2 aliphatic carbocycles. The van der Waals surface area contributed by atoms with E-state index in [0.717, 1.165) is 18.4 Å². The number of allylic oxidation sites excluding steroid dienone is 4. The number of nitrogens with zero attached hydrogens (tertiary/aromatic N) is 4. The molecule has 4 unspecified atom stereocenters. The minimum Gasteiger partial charge on any atom is -0.185 e. The lowest BCUT2D eigenvalue weighted by Gasteiger charge is -2.35. The first-order chi connectivity index (χ1) is 18.4. The van der Waals surface area contributed by atoms with E-state index in [0.29, 0.717) is 18.4 Å². The van der Waals surface area contributed by atoms with E-state index in [2.05, 4.69) is 143 Å². The number of hydrogen-bond donors (Lipinski definition) is 0. The van der Waals surface area contributed by atoms with Crippen molar-refractivity contribution in [3.63, 3.8) is 0 Å². The molecular formula is C34H43N4+. The molecule has 4 atom stereocenters. The topological polar surface area (TPSA) is 40.1 Å². The van der Waals surface area contributed by atoms with Gasteiger partial charge in [0.05, 0.1) is 6.04 Å². The van der Waals surface area contributed by atoms with Gasteiger partial charge in [-0.2, -0.15) is 10.2 Å². The van der Waals surface area contributed by atoms with Gasteiger partial charge < -0.3 is 0 Å². The van der Waals surface area contributed by atoms with Crippen LogP contribution in [0.3, 0.4) is 0 Å². The monoisotopic (exact) mass is 507 g/mol. The van der Waals surface area contributed by atoms with Crippen molar-refractivity contribution in [2.24, 2.45) is 27.2 Å². The van der Waals surface area contributed by atoms with E-state index < -0.39 is 0 Å². The Bertz CT molecular complexity index is 1220. The number of rotatable bonds is 10. The number of benzene rings is 2. The van der Waals surface area contributed by atoms with Gasteiger partial charge >= 0.3 is 0 Å². The van der Waals surface area contributed by atoms with Crippen molar-refractivity contribution >= 4 is 0 Å². The van der Waals surface area contributed by atoms with Crippen molar-refractivity contribution in [3.05, 3.63) is 120 Å². The van der Waals surface area contributed by atoms with Crippen LogP contribution in [0.2, 0.25) is 0 Å². The Morgan fingerprint density at radius 3 is 1.82 bits per heavy atom. The SMILES string of the molecule is CC(N=NC(C[N+](=NC1(C(C)C)C=CC=CC1)C1(C(C)C)C=CC=CC1)c1ccccc1)c1ccccc1. The maximum absolute atomic E-state index is 5.64. The van der Waals surface area contributed by atoms with Gasteiger partial charge in [-0.15, -0.1) is 4.70 Å². The van der Waals surface area contributed by atoms with E-state index in [1.807, 2.05) is 6.07 Å². The van der Waals surface area contributed by atoms with Crippen LogP contribution in [-0.2, 0) is 0 Å². The Hall–Kier alpha value is -3.40. The maximum Gasteiger partial charge on any atom is 0.212 e. The maximum atomic E-state index is 5.64. The molecule has 0 amide bonds. The van der Waals surface area contributed by atoms with Crippen LogP contribution in [-0.4, -0.2) is 22.3 Å². The number of azo groups is 3. The average molecular weight is 508 g/mol. The van der Waals surface area contributed by atoms with Crippen LogP contribution >= 0.6 is 0 Å². The minimum atomic E-state index is -0.290. The lowest BCUT2D eigenvalue weighted by Crippen LogP contribution is -2.48. The van der Waals surface area contributed by atoms with Crippen LogP contribution in [0.5, 0.6) is 0 Å². The molecule has 2 aliphatic rings. The van der Waals surface area contributed by atoms with E-state index >= 15 is 0 Å². The lowest BCUT2D eigenvalue weighted by atomic mass is 9.79. The summed E-state index contributed by atoms with van der Waals surface area (Å²) in [4.78, 5) is 0. The average Bonchev–Trinajstić information content (AvgIpc) is 2.96. The fourth-order valence-electron chi connectivity index (χ4n) is 5.34. The normalized spacial score (nSPS) is 25.0. The van der Waals surface area contributed by atoms with Gasteiger partial charge in [-0.05, 0) is 35.2 Å². The van der Waals surface area contributed by atoms with Gasteiger partial charge in [-0.1, -0.05) is 131 Å². The zero-order valence-electron chi connectivity index (χ0n) is 23.6. The molecular weight excluding hydrogens is 464 g/mol. The molecule has 0 spiro atoms. The van der Waals surface area contributed by atoms with Gasteiger partial charge in [0.25, 0.3) is 0 Å². The fraction of sp³-hybridized carbons (Fsp3) is 0.412. The molecule has 4 heteroatoms. The van der Waals surface area contributed by atoms with Crippen LogP contribution in [0.1, 0.15) is 70.7 Å². The van der Waals surface area contributed by atoms with E-state index in [-0.39, 0.29) is 23.2 Å². The largest absolute Gasteiger partial charge is 0.212 e. The summed E-state index contributed by atoms with van der Waals surface area (Å²) in [5.74, 6) is 0.713. The highest BCUT2D eigenvalue weighted by molar-refractivity contribution is 5.24. The lowest BCUT2D eigenvalue weighted by molar-refractivity contribution is -0.669. The third kappa shape index (κ3) is 6.18. The third-order valence-electron chi connectivity index (χ3n) is 8.13. The number of hydrogen-bond acceptors (Lipinski definition) is 3. The highest BCUT2D eigenvalue weighted by atomic mass is 15.4. The van der Waals surface area contributed by atoms with E-state index in [4.69, 9.17) is 15.3 Å². The molecule has 0 saturated heterocycles. The van der Waals surface area contributed by atoms with Crippen molar-refractivity contribution in [1.82, 2.24) is 0 Å². The van der Waals surface area contributed by atoms with Crippen molar-refractivity contribution in [3.8, 4) is 0 Å². The molecule has 0 bridgehead atoms. The predicted molar refractivity (Wildman–Crippen MR) is 157 cm³/mol. The summed E-state index contributed by atoms with van der Waals surface area (Å²) >= 11 is 0. The predicted octanol–water partition coefficient (Wildman–Crippen LogP) is 9.23. The summed E-state index contributed by atoms with van der Waals surface area (Å²) < 4.78 is 2.37. The van der Waals surface area contributed by atoms with Crippen molar-refractivity contribution in [2.45, 2.75) is 70.6 Å². The van der Waals surface area contributed by atoms with Crippen LogP contribution < -0.4 is 0 Å². The van der Waals surface area contributed by atoms with E-state index in [1.165, 1.54) is 5.56 Å². The third-order valence-corrected chi connectivity index (χ3v) is 8.13. The molecule has 4 nitrogen and oxygen atoms in total. The Labute approximate surface area is 229 Å². The van der Waals surface area contributed by atoms with Gasteiger partial charge in [0, 0.05) is 18.8 Å². The first kappa shape index (κ1) is 27.6. The molecule has 2 aromatic carbocycles. The first-order valence-electron chi connectivity index (χ1n) is 14.1. The second-order valence-corrected chi connectivity index (χ2v) is 11.2. The second kappa shape index (κ2) is 12.4. The Balaban J connectivity index is 1.80. The van der Waals surface area contributed by atoms with Gasteiger partial charge in [0.1, 0.15) is 5.54 Å². The highest BCUT2D eigenvalue weighted by Crippen LogP contribution is 2.38. The fourth-order valence-corrected chi connectivity index (χ4v) is 5.34. The van der Waals surface area contributed by atoms with Crippen LogP contribution in [0.4, 0.5) is 0 Å². The van der Waals surface area contributed by atoms with Gasteiger partial charge in [0.2, 0.25) is 5.54 Å². The van der Waals surface area contributed by atoms with Crippen molar-refractivity contribution in [1.29, 1.82) is 0 Å².